The molecular formula is C17H16BrClN4O3. The molecule has 26 heavy (non-hydrogen) atoms. The van der Waals surface area contributed by atoms with Crippen molar-refractivity contribution in [1.82, 2.24) is 15.6 Å². The van der Waals surface area contributed by atoms with Crippen LogP contribution in [-0.2, 0) is 9.59 Å². The van der Waals surface area contributed by atoms with Gasteiger partial charge >= 0.3 is 0 Å². The summed E-state index contributed by atoms with van der Waals surface area (Å²) < 4.78 is 0.909. The smallest absolute Gasteiger partial charge is 0.270 e. The van der Waals surface area contributed by atoms with Crippen molar-refractivity contribution in [2.24, 2.45) is 0 Å². The highest BCUT2D eigenvalue weighted by molar-refractivity contribution is 9.10. The van der Waals surface area contributed by atoms with Gasteiger partial charge in [-0.15, -0.1) is 0 Å². The highest BCUT2D eigenvalue weighted by Crippen LogP contribution is 2.19. The molecule has 3 amide bonds. The first-order valence-electron chi connectivity index (χ1n) is 7.57. The second kappa shape index (κ2) is 9.30. The number of hydrogen-bond acceptors (Lipinski definition) is 4. The van der Waals surface area contributed by atoms with Crippen molar-refractivity contribution in [3.63, 3.8) is 0 Å². The van der Waals surface area contributed by atoms with E-state index in [0.29, 0.717) is 10.7 Å². The van der Waals surface area contributed by atoms with Crippen LogP contribution in [0.3, 0.4) is 0 Å². The van der Waals surface area contributed by atoms with Gasteiger partial charge in [-0.1, -0.05) is 27.5 Å². The second-order valence-corrected chi connectivity index (χ2v) is 6.68. The number of halogens is 2. The Bertz CT molecular complexity index is 845. The van der Waals surface area contributed by atoms with E-state index in [1.165, 1.54) is 18.3 Å². The number of aromatic nitrogens is 1. The fourth-order valence-corrected chi connectivity index (χ4v) is 2.62. The number of carbonyl (C=O) groups is 3. The third-order valence-electron chi connectivity index (χ3n) is 3.27. The molecule has 1 heterocycles. The summed E-state index contributed by atoms with van der Waals surface area (Å²) in [6.45, 7) is 1.37. The zero-order chi connectivity index (χ0) is 19.1. The van der Waals surface area contributed by atoms with E-state index in [1.54, 1.807) is 12.1 Å². The number of nitrogens with one attached hydrogen (secondary N) is 3. The van der Waals surface area contributed by atoms with Crippen molar-refractivity contribution in [1.29, 1.82) is 0 Å². The van der Waals surface area contributed by atoms with Crippen LogP contribution in [0.25, 0.3) is 0 Å². The Hall–Kier alpha value is -2.45. The molecule has 0 bridgehead atoms. The molecule has 1 aromatic heterocycles. The standard InChI is InChI=1S/C17H16BrClN4O3/c1-10-6-11(18)2-3-13(10)23-16(25)9-21-15(24)8-22-17(26)14-7-12(19)4-5-20-14/h2-7H,8-9H2,1H3,(H,21,24)(H,22,26)(H,23,25). The van der Waals surface area contributed by atoms with Gasteiger partial charge in [-0.2, -0.15) is 0 Å². The Morgan fingerprint density at radius 2 is 1.81 bits per heavy atom. The molecule has 0 aliphatic heterocycles. The molecule has 0 spiro atoms. The molecule has 0 saturated carbocycles. The first-order chi connectivity index (χ1) is 12.3. The molecule has 0 radical (unpaired) electrons. The average molecular weight is 440 g/mol. The number of pyridine rings is 1. The highest BCUT2D eigenvalue weighted by atomic mass is 79.9. The third-order valence-corrected chi connectivity index (χ3v) is 4.00. The summed E-state index contributed by atoms with van der Waals surface area (Å²) in [5.41, 5.74) is 1.65. The van der Waals surface area contributed by atoms with Gasteiger partial charge in [0.05, 0.1) is 13.1 Å². The SMILES string of the molecule is Cc1cc(Br)ccc1NC(=O)CNC(=O)CNC(=O)c1cc(Cl)ccn1. The number of amides is 3. The summed E-state index contributed by atoms with van der Waals surface area (Å²) in [5.74, 6) is -1.40. The van der Waals surface area contributed by atoms with Gasteiger partial charge in [0.15, 0.2) is 0 Å². The van der Waals surface area contributed by atoms with Crippen LogP contribution < -0.4 is 16.0 Å². The first kappa shape index (κ1) is 19.9. The number of nitrogens with zero attached hydrogens (tertiary/aromatic N) is 1. The highest BCUT2D eigenvalue weighted by Gasteiger charge is 2.11. The Kier molecular flexibility index (Phi) is 7.11. The maximum atomic E-state index is 11.9. The molecule has 3 N–H and O–H groups in total. The largest absolute Gasteiger partial charge is 0.345 e. The van der Waals surface area contributed by atoms with Crippen molar-refractivity contribution in [3.05, 3.63) is 57.3 Å². The zero-order valence-electron chi connectivity index (χ0n) is 13.8. The molecule has 2 rings (SSSR count). The molecule has 0 unspecified atom stereocenters. The van der Waals surface area contributed by atoms with Crippen LogP contribution >= 0.6 is 27.5 Å². The van der Waals surface area contributed by atoms with Gasteiger partial charge in [-0.3, -0.25) is 19.4 Å². The van der Waals surface area contributed by atoms with Crippen LogP contribution in [0.5, 0.6) is 0 Å². The lowest BCUT2D eigenvalue weighted by molar-refractivity contribution is -0.123. The summed E-state index contributed by atoms with van der Waals surface area (Å²) in [5, 5.41) is 7.91. The third kappa shape index (κ3) is 6.12. The molecule has 0 aliphatic carbocycles. The average Bonchev–Trinajstić information content (AvgIpc) is 2.60. The van der Waals surface area contributed by atoms with Crippen LogP contribution in [0.2, 0.25) is 5.02 Å². The van der Waals surface area contributed by atoms with E-state index in [-0.39, 0.29) is 24.7 Å². The number of hydrogen-bond donors (Lipinski definition) is 3. The van der Waals surface area contributed by atoms with E-state index in [1.807, 2.05) is 13.0 Å². The van der Waals surface area contributed by atoms with E-state index in [4.69, 9.17) is 11.6 Å². The minimum absolute atomic E-state index is 0.105. The summed E-state index contributed by atoms with van der Waals surface area (Å²) in [6.07, 6.45) is 1.39. The molecule has 136 valence electrons. The van der Waals surface area contributed by atoms with Crippen molar-refractivity contribution in [3.8, 4) is 0 Å². The maximum absolute atomic E-state index is 11.9. The molecule has 1 aromatic carbocycles. The number of benzene rings is 1. The van der Waals surface area contributed by atoms with Crippen LogP contribution in [0.4, 0.5) is 5.69 Å². The second-order valence-electron chi connectivity index (χ2n) is 5.33. The number of anilines is 1. The molecule has 0 atom stereocenters. The molecule has 9 heteroatoms. The van der Waals surface area contributed by atoms with Gasteiger partial charge in [0.2, 0.25) is 11.8 Å². The van der Waals surface area contributed by atoms with E-state index in [9.17, 15) is 14.4 Å². The Balaban J connectivity index is 1.76. The summed E-state index contributed by atoms with van der Waals surface area (Å²) in [7, 11) is 0. The van der Waals surface area contributed by atoms with Crippen LogP contribution in [-0.4, -0.2) is 35.8 Å². The van der Waals surface area contributed by atoms with E-state index in [2.05, 4.69) is 36.9 Å². The monoisotopic (exact) mass is 438 g/mol. The van der Waals surface area contributed by atoms with E-state index >= 15 is 0 Å². The van der Waals surface area contributed by atoms with Gasteiger partial charge in [-0.05, 0) is 42.8 Å². The lowest BCUT2D eigenvalue weighted by Crippen LogP contribution is -2.40. The van der Waals surface area contributed by atoms with Crippen LogP contribution in [0.15, 0.2) is 41.0 Å². The molecular weight excluding hydrogens is 424 g/mol. The molecule has 0 fully saturated rings. The molecule has 2 aromatic rings. The van der Waals surface area contributed by atoms with Gasteiger partial charge in [0, 0.05) is 21.4 Å². The summed E-state index contributed by atoms with van der Waals surface area (Å²) >= 11 is 9.12. The number of aryl methyl sites for hydroxylation is 1. The quantitative estimate of drug-likeness (QED) is 0.643. The molecule has 0 saturated heterocycles. The minimum atomic E-state index is -0.530. The first-order valence-corrected chi connectivity index (χ1v) is 8.74. The molecule has 7 nitrogen and oxygen atoms in total. The fraction of sp³-hybridized carbons (Fsp3) is 0.176. The predicted octanol–water partition coefficient (Wildman–Crippen LogP) is 2.29. The van der Waals surface area contributed by atoms with Gasteiger partial charge in [-0.25, -0.2) is 0 Å². The van der Waals surface area contributed by atoms with Crippen molar-refractivity contribution in [2.45, 2.75) is 6.92 Å². The van der Waals surface area contributed by atoms with Gasteiger partial charge < -0.3 is 16.0 Å². The maximum Gasteiger partial charge on any atom is 0.270 e. The normalized spacial score (nSPS) is 10.1. The van der Waals surface area contributed by atoms with Gasteiger partial charge in [0.25, 0.3) is 5.91 Å². The Labute approximate surface area is 163 Å². The zero-order valence-corrected chi connectivity index (χ0v) is 16.1. The summed E-state index contributed by atoms with van der Waals surface area (Å²) in [6, 6.07) is 8.37. The lowest BCUT2D eigenvalue weighted by Gasteiger charge is -2.10. The minimum Gasteiger partial charge on any atom is -0.345 e. The predicted molar refractivity (Wildman–Crippen MR) is 102 cm³/mol. The topological polar surface area (TPSA) is 100 Å². The van der Waals surface area contributed by atoms with Crippen molar-refractivity contribution < 1.29 is 14.4 Å². The van der Waals surface area contributed by atoms with Gasteiger partial charge in [0.1, 0.15) is 5.69 Å². The Morgan fingerprint density at radius 3 is 2.50 bits per heavy atom. The van der Waals surface area contributed by atoms with Crippen molar-refractivity contribution in [2.75, 3.05) is 18.4 Å². The molecule has 0 aliphatic rings. The lowest BCUT2D eigenvalue weighted by atomic mass is 10.2. The summed E-state index contributed by atoms with van der Waals surface area (Å²) in [4.78, 5) is 39.4. The van der Waals surface area contributed by atoms with E-state index < -0.39 is 11.8 Å². The number of carbonyl (C=O) groups excluding carboxylic acids is 3. The van der Waals surface area contributed by atoms with Crippen LogP contribution in [0.1, 0.15) is 16.1 Å². The van der Waals surface area contributed by atoms with Crippen LogP contribution in [0, 0.1) is 6.92 Å². The Morgan fingerprint density at radius 1 is 1.08 bits per heavy atom. The van der Waals surface area contributed by atoms with Crippen molar-refractivity contribution >= 4 is 50.9 Å². The van der Waals surface area contributed by atoms with E-state index in [0.717, 1.165) is 10.0 Å². The fourth-order valence-electron chi connectivity index (χ4n) is 1.98. The number of rotatable bonds is 6.